The third-order valence-electron chi connectivity index (χ3n) is 3.36. The molecule has 0 aromatic carbocycles. The van der Waals surface area contributed by atoms with E-state index in [1.54, 1.807) is 0 Å². The largest absolute Gasteiger partial charge is 0.371 e. The monoisotopic (exact) mass is 237 g/mol. The smallest absolute Gasteiger partial charge is 0.231 e. The fourth-order valence-electron chi connectivity index (χ4n) is 2.37. The van der Waals surface area contributed by atoms with Crippen molar-refractivity contribution in [1.29, 1.82) is 0 Å². The zero-order chi connectivity index (χ0) is 11.8. The Morgan fingerprint density at radius 2 is 2.12 bits per heavy atom. The molecule has 2 aliphatic rings. The average molecular weight is 237 g/mol. The van der Waals surface area contributed by atoms with Crippen LogP contribution in [0.2, 0.25) is 0 Å². The molecule has 1 saturated carbocycles. The quantitative estimate of drug-likeness (QED) is 0.783. The van der Waals surface area contributed by atoms with Crippen LogP contribution < -0.4 is 4.90 Å². The lowest BCUT2D eigenvalue weighted by molar-refractivity contribution is -0.0273. The van der Waals surface area contributed by atoms with Crippen LogP contribution in [0.15, 0.2) is 12.4 Å². The van der Waals surface area contributed by atoms with Crippen molar-refractivity contribution in [3.8, 4) is 0 Å². The summed E-state index contributed by atoms with van der Waals surface area (Å²) in [5.74, 6) is 0.912. The van der Waals surface area contributed by atoms with E-state index in [-0.39, 0.29) is 6.10 Å². The van der Waals surface area contributed by atoms with Crippen molar-refractivity contribution in [3.63, 3.8) is 0 Å². The minimum absolute atomic E-state index is 0.196. The van der Waals surface area contributed by atoms with E-state index in [0.717, 1.165) is 18.9 Å². The van der Waals surface area contributed by atoms with E-state index in [0.29, 0.717) is 12.0 Å². The fraction of sp³-hybridized carbons (Fsp3) is 0.667. The second kappa shape index (κ2) is 4.22. The van der Waals surface area contributed by atoms with E-state index < -0.39 is 5.95 Å². The Kier molecular flexibility index (Phi) is 2.70. The van der Waals surface area contributed by atoms with E-state index in [2.05, 4.69) is 21.8 Å². The molecule has 0 amide bonds. The van der Waals surface area contributed by atoms with E-state index >= 15 is 0 Å². The summed E-state index contributed by atoms with van der Waals surface area (Å²) in [7, 11) is 0. The molecule has 4 nitrogen and oxygen atoms in total. The summed E-state index contributed by atoms with van der Waals surface area (Å²) in [4.78, 5) is 9.88. The van der Waals surface area contributed by atoms with Gasteiger partial charge in [-0.25, -0.2) is 9.97 Å². The molecule has 0 N–H and O–H groups in total. The molecular weight excluding hydrogens is 221 g/mol. The van der Waals surface area contributed by atoms with Gasteiger partial charge in [-0.15, -0.1) is 0 Å². The van der Waals surface area contributed by atoms with Gasteiger partial charge < -0.3 is 9.64 Å². The van der Waals surface area contributed by atoms with Gasteiger partial charge in [-0.1, -0.05) is 0 Å². The maximum Gasteiger partial charge on any atom is 0.231 e. The topological polar surface area (TPSA) is 38.2 Å². The summed E-state index contributed by atoms with van der Waals surface area (Å²) in [6.07, 6.45) is 5.69. The molecule has 2 fully saturated rings. The zero-order valence-corrected chi connectivity index (χ0v) is 9.84. The summed E-state index contributed by atoms with van der Waals surface area (Å²) < 4.78 is 18.7. The van der Waals surface area contributed by atoms with Crippen molar-refractivity contribution in [2.24, 2.45) is 5.92 Å². The lowest BCUT2D eigenvalue weighted by Crippen LogP contribution is -2.47. The van der Waals surface area contributed by atoms with Crippen molar-refractivity contribution < 1.29 is 9.13 Å². The molecule has 1 saturated heterocycles. The third-order valence-corrected chi connectivity index (χ3v) is 3.36. The van der Waals surface area contributed by atoms with Crippen LogP contribution in [0.1, 0.15) is 19.8 Å². The maximum absolute atomic E-state index is 12.7. The van der Waals surface area contributed by atoms with Crippen LogP contribution in [0.3, 0.4) is 0 Å². The summed E-state index contributed by atoms with van der Waals surface area (Å²) >= 11 is 0. The highest BCUT2D eigenvalue weighted by Crippen LogP contribution is 2.37. The molecule has 5 heteroatoms. The third kappa shape index (κ3) is 2.39. The first-order chi connectivity index (χ1) is 8.22. The van der Waals surface area contributed by atoms with E-state index in [4.69, 9.17) is 4.74 Å². The van der Waals surface area contributed by atoms with Gasteiger partial charge in [-0.3, -0.25) is 0 Å². The van der Waals surface area contributed by atoms with Gasteiger partial charge in [-0.2, -0.15) is 4.39 Å². The predicted molar refractivity (Wildman–Crippen MR) is 61.3 cm³/mol. The Bertz CT molecular complexity index is 393. The number of ether oxygens (including phenoxy) is 1. The maximum atomic E-state index is 12.7. The fourth-order valence-corrected chi connectivity index (χ4v) is 2.37. The number of halogens is 1. The molecule has 1 aliphatic carbocycles. The highest BCUT2D eigenvalue weighted by Gasteiger charge is 2.37. The van der Waals surface area contributed by atoms with E-state index in [1.165, 1.54) is 25.2 Å². The Labute approximate surface area is 99.8 Å². The molecule has 2 heterocycles. The van der Waals surface area contributed by atoms with Crippen LogP contribution in [0.5, 0.6) is 0 Å². The Morgan fingerprint density at radius 1 is 1.29 bits per heavy atom. The molecule has 0 spiro atoms. The number of rotatable bonds is 2. The molecule has 92 valence electrons. The van der Waals surface area contributed by atoms with Crippen molar-refractivity contribution in [2.45, 2.75) is 32.0 Å². The van der Waals surface area contributed by atoms with Gasteiger partial charge in [0.2, 0.25) is 5.95 Å². The first-order valence-electron chi connectivity index (χ1n) is 6.10. The first-order valence-corrected chi connectivity index (χ1v) is 6.10. The second-order valence-corrected chi connectivity index (χ2v) is 4.92. The van der Waals surface area contributed by atoms with Crippen LogP contribution >= 0.6 is 0 Å². The normalized spacial score (nSPS) is 29.4. The Hall–Kier alpha value is -1.23. The molecule has 1 aromatic rings. The van der Waals surface area contributed by atoms with Crippen LogP contribution in [0.25, 0.3) is 0 Å². The number of anilines is 1. The second-order valence-electron chi connectivity index (χ2n) is 4.92. The number of nitrogens with zero attached hydrogens (tertiary/aromatic N) is 3. The zero-order valence-electron chi connectivity index (χ0n) is 9.84. The highest BCUT2D eigenvalue weighted by atomic mass is 19.1. The van der Waals surface area contributed by atoms with Gasteiger partial charge in [0.15, 0.2) is 0 Å². The van der Waals surface area contributed by atoms with Crippen LogP contribution in [-0.4, -0.2) is 35.3 Å². The number of hydrogen-bond donors (Lipinski definition) is 0. The van der Waals surface area contributed by atoms with Crippen molar-refractivity contribution in [2.75, 3.05) is 18.0 Å². The van der Waals surface area contributed by atoms with Gasteiger partial charge in [0.25, 0.3) is 0 Å². The summed E-state index contributed by atoms with van der Waals surface area (Å²) in [5, 5.41) is 0. The van der Waals surface area contributed by atoms with Gasteiger partial charge in [0.1, 0.15) is 5.82 Å². The molecule has 0 unspecified atom stereocenters. The molecule has 17 heavy (non-hydrogen) atoms. The molecule has 3 rings (SSSR count). The van der Waals surface area contributed by atoms with Crippen molar-refractivity contribution >= 4 is 5.82 Å². The number of hydrogen-bond acceptors (Lipinski definition) is 4. The summed E-state index contributed by atoms with van der Waals surface area (Å²) in [5.41, 5.74) is 0. The summed E-state index contributed by atoms with van der Waals surface area (Å²) in [6, 6.07) is 0. The standard InChI is InChI=1S/C12H16FN3O/c1-8-6-16(7-10(17-8)9-2-3-9)12-5-14-11(13)4-15-12/h4-5,8-10H,2-3,6-7H2,1H3/t8-,10-/m1/s1. The average Bonchev–Trinajstić information content (AvgIpc) is 3.13. The van der Waals surface area contributed by atoms with Gasteiger partial charge in [0, 0.05) is 13.1 Å². The molecular formula is C12H16FN3O. The Balaban J connectivity index is 1.75. The molecule has 0 bridgehead atoms. The van der Waals surface area contributed by atoms with Crippen LogP contribution in [0.4, 0.5) is 10.2 Å². The minimum Gasteiger partial charge on any atom is -0.371 e. The van der Waals surface area contributed by atoms with Gasteiger partial charge in [-0.05, 0) is 25.7 Å². The Morgan fingerprint density at radius 3 is 2.76 bits per heavy atom. The van der Waals surface area contributed by atoms with E-state index in [1.807, 2.05) is 0 Å². The predicted octanol–water partition coefficient (Wildman–Crippen LogP) is 1.62. The van der Waals surface area contributed by atoms with Gasteiger partial charge in [0.05, 0.1) is 24.6 Å². The molecule has 1 aliphatic heterocycles. The number of morpholine rings is 1. The van der Waals surface area contributed by atoms with Crippen LogP contribution in [0, 0.1) is 11.9 Å². The summed E-state index contributed by atoms with van der Waals surface area (Å²) in [6.45, 7) is 3.71. The van der Waals surface area contributed by atoms with Crippen molar-refractivity contribution in [1.82, 2.24) is 9.97 Å². The molecule has 0 radical (unpaired) electrons. The lowest BCUT2D eigenvalue weighted by Gasteiger charge is -2.37. The highest BCUT2D eigenvalue weighted by molar-refractivity contribution is 5.36. The minimum atomic E-state index is -0.534. The SMILES string of the molecule is C[C@@H]1CN(c2cnc(F)cn2)C[C@H](C2CC2)O1. The molecule has 2 atom stereocenters. The van der Waals surface area contributed by atoms with Crippen molar-refractivity contribution in [3.05, 3.63) is 18.3 Å². The molecule has 1 aromatic heterocycles. The van der Waals surface area contributed by atoms with Gasteiger partial charge >= 0.3 is 0 Å². The lowest BCUT2D eigenvalue weighted by atomic mass is 10.1. The first kappa shape index (κ1) is 10.9. The number of aromatic nitrogens is 2. The van der Waals surface area contributed by atoms with E-state index in [9.17, 15) is 4.39 Å². The van der Waals surface area contributed by atoms with Crippen LogP contribution in [-0.2, 0) is 4.74 Å².